The predicted molar refractivity (Wildman–Crippen MR) is 103 cm³/mol. The van der Waals surface area contributed by atoms with E-state index in [0.29, 0.717) is 19.3 Å². The second-order valence-corrected chi connectivity index (χ2v) is 9.88. The van der Waals surface area contributed by atoms with E-state index >= 15 is 0 Å². The monoisotopic (exact) mass is 380 g/mol. The highest BCUT2D eigenvalue weighted by Crippen LogP contribution is 2.64. The third-order valence-corrected chi connectivity index (χ3v) is 7.08. The first-order chi connectivity index (χ1) is 12.3. The van der Waals surface area contributed by atoms with Crippen LogP contribution in [0.3, 0.4) is 0 Å². The lowest BCUT2D eigenvalue weighted by Gasteiger charge is -2.63. The topological polar surface area (TPSA) is 69.7 Å². The van der Waals surface area contributed by atoms with Crippen LogP contribution in [0.25, 0.3) is 0 Å². The zero-order chi connectivity index (χ0) is 20.6. The first kappa shape index (κ1) is 21.9. The van der Waals surface area contributed by atoms with Gasteiger partial charge in [-0.05, 0) is 43.9 Å². The number of carbonyl (C=O) groups excluding carboxylic acids is 3. The number of esters is 2. The van der Waals surface area contributed by atoms with Gasteiger partial charge in [-0.25, -0.2) is 0 Å². The quantitative estimate of drug-likeness (QED) is 0.659. The first-order valence-corrected chi connectivity index (χ1v) is 10.2. The first-order valence-electron chi connectivity index (χ1n) is 10.2. The van der Waals surface area contributed by atoms with Crippen molar-refractivity contribution in [1.29, 1.82) is 0 Å². The molecule has 0 aromatic heterocycles. The van der Waals surface area contributed by atoms with Gasteiger partial charge in [0.25, 0.3) is 0 Å². The molecule has 0 aromatic rings. The van der Waals surface area contributed by atoms with Crippen molar-refractivity contribution in [3.05, 3.63) is 0 Å². The van der Waals surface area contributed by atoms with Crippen molar-refractivity contribution < 1.29 is 23.9 Å². The zero-order valence-electron chi connectivity index (χ0n) is 18.0. The third kappa shape index (κ3) is 4.38. The minimum Gasteiger partial charge on any atom is -0.462 e. The molecule has 0 unspecified atom stereocenters. The van der Waals surface area contributed by atoms with Crippen LogP contribution in [0.4, 0.5) is 0 Å². The predicted octanol–water partition coefficient (Wildman–Crippen LogP) is 4.46. The Morgan fingerprint density at radius 3 is 2.11 bits per heavy atom. The van der Waals surface area contributed by atoms with Crippen LogP contribution >= 0.6 is 0 Å². The van der Waals surface area contributed by atoms with Crippen LogP contribution in [0.2, 0.25) is 0 Å². The molecule has 2 fully saturated rings. The molecule has 5 atom stereocenters. The minimum absolute atomic E-state index is 0.0130. The Hall–Kier alpha value is -1.39. The van der Waals surface area contributed by atoms with E-state index in [4.69, 9.17) is 9.47 Å². The smallest absolute Gasteiger partial charge is 0.303 e. The number of ketones is 1. The number of fused-ring (bicyclic) bond motifs is 1. The number of rotatable bonds is 5. The Balaban J connectivity index is 2.54. The molecule has 0 aromatic carbocycles. The van der Waals surface area contributed by atoms with E-state index < -0.39 is 5.60 Å². The molecule has 0 heterocycles. The Morgan fingerprint density at radius 2 is 1.59 bits per heavy atom. The van der Waals surface area contributed by atoms with E-state index in [1.54, 1.807) is 6.92 Å². The van der Waals surface area contributed by atoms with Gasteiger partial charge in [0, 0.05) is 38.5 Å². The fourth-order valence-electron chi connectivity index (χ4n) is 6.55. The molecule has 0 spiro atoms. The van der Waals surface area contributed by atoms with Crippen molar-refractivity contribution in [1.82, 2.24) is 0 Å². The Bertz CT molecular complexity index is 610. The summed E-state index contributed by atoms with van der Waals surface area (Å²) in [7, 11) is 0. The number of hydrogen-bond acceptors (Lipinski definition) is 5. The number of carbonyl (C=O) groups is 3. The molecular weight excluding hydrogens is 344 g/mol. The fourth-order valence-corrected chi connectivity index (χ4v) is 6.55. The molecule has 2 saturated carbocycles. The Labute approximate surface area is 163 Å². The molecule has 2 rings (SSSR count). The molecule has 0 radical (unpaired) electrons. The van der Waals surface area contributed by atoms with Crippen molar-refractivity contribution in [2.45, 2.75) is 98.7 Å². The second-order valence-electron chi connectivity index (χ2n) is 9.88. The third-order valence-electron chi connectivity index (χ3n) is 7.08. The zero-order valence-corrected chi connectivity index (χ0v) is 18.0. The average molecular weight is 381 g/mol. The Morgan fingerprint density at radius 1 is 0.963 bits per heavy atom. The number of ether oxygens (including phenoxy) is 2. The molecule has 0 bridgehead atoms. The highest BCUT2D eigenvalue weighted by Gasteiger charge is 2.63. The van der Waals surface area contributed by atoms with Crippen LogP contribution in [0, 0.1) is 22.7 Å². The molecule has 5 heteroatoms. The highest BCUT2D eigenvalue weighted by atomic mass is 16.6. The highest BCUT2D eigenvalue weighted by molar-refractivity contribution is 5.75. The van der Waals surface area contributed by atoms with Gasteiger partial charge in [0.1, 0.15) is 17.5 Å². The SMILES string of the molecule is CC(=O)CC[C@@H]1[C@@]2(C)CCCC(C)(C)[C@H]2[C@@H](OC(C)=O)C[C@@]1(C)OC(C)=O. The van der Waals surface area contributed by atoms with E-state index in [9.17, 15) is 14.4 Å². The summed E-state index contributed by atoms with van der Waals surface area (Å²) in [6.07, 6.45) is 4.50. The van der Waals surface area contributed by atoms with Crippen LogP contribution in [0.15, 0.2) is 0 Å². The van der Waals surface area contributed by atoms with Crippen LogP contribution in [0.1, 0.15) is 87.0 Å². The summed E-state index contributed by atoms with van der Waals surface area (Å²) >= 11 is 0. The summed E-state index contributed by atoms with van der Waals surface area (Å²) in [5.74, 6) is -0.255. The van der Waals surface area contributed by atoms with E-state index in [2.05, 4.69) is 20.8 Å². The number of hydrogen-bond donors (Lipinski definition) is 0. The maximum absolute atomic E-state index is 11.9. The van der Waals surface area contributed by atoms with Gasteiger partial charge in [-0.2, -0.15) is 0 Å². The molecular formula is C22H36O5. The van der Waals surface area contributed by atoms with Gasteiger partial charge >= 0.3 is 11.9 Å². The molecule has 2 aliphatic carbocycles. The molecule has 2 aliphatic rings. The van der Waals surface area contributed by atoms with E-state index in [-0.39, 0.29) is 46.5 Å². The van der Waals surface area contributed by atoms with Crippen LogP contribution in [0.5, 0.6) is 0 Å². The standard InChI is InChI=1S/C22H36O5/c1-14(23)9-10-18-21(6)12-8-11-20(4,5)19(21)17(26-15(2)24)13-22(18,7)27-16(3)25/h17-19H,8-13H2,1-7H3/t17-,18+,19+,21+,22+/m0/s1. The van der Waals surface area contributed by atoms with Gasteiger partial charge in [-0.1, -0.05) is 27.2 Å². The lowest BCUT2D eigenvalue weighted by atomic mass is 9.44. The lowest BCUT2D eigenvalue weighted by Crippen LogP contribution is -2.64. The molecule has 0 aliphatic heterocycles. The van der Waals surface area contributed by atoms with Crippen molar-refractivity contribution in [2.24, 2.45) is 22.7 Å². The summed E-state index contributed by atoms with van der Waals surface area (Å²) in [5, 5.41) is 0. The molecule has 0 saturated heterocycles. The van der Waals surface area contributed by atoms with Gasteiger partial charge in [0.2, 0.25) is 0 Å². The summed E-state index contributed by atoms with van der Waals surface area (Å²) in [6, 6.07) is 0. The lowest BCUT2D eigenvalue weighted by molar-refractivity contribution is -0.234. The van der Waals surface area contributed by atoms with Crippen molar-refractivity contribution in [3.63, 3.8) is 0 Å². The van der Waals surface area contributed by atoms with Crippen molar-refractivity contribution >= 4 is 17.7 Å². The average Bonchev–Trinajstić information content (AvgIpc) is 2.42. The minimum atomic E-state index is -0.750. The van der Waals surface area contributed by atoms with Gasteiger partial charge in [0.05, 0.1) is 0 Å². The maximum atomic E-state index is 11.9. The summed E-state index contributed by atoms with van der Waals surface area (Å²) in [6.45, 7) is 13.2. The van der Waals surface area contributed by atoms with Crippen LogP contribution in [-0.2, 0) is 23.9 Å². The largest absolute Gasteiger partial charge is 0.462 e. The van der Waals surface area contributed by atoms with E-state index in [1.807, 2.05) is 6.92 Å². The van der Waals surface area contributed by atoms with E-state index in [0.717, 1.165) is 19.3 Å². The van der Waals surface area contributed by atoms with Gasteiger partial charge in [-0.3, -0.25) is 9.59 Å². The van der Waals surface area contributed by atoms with Gasteiger partial charge < -0.3 is 14.3 Å². The normalized spacial score (nSPS) is 37.8. The van der Waals surface area contributed by atoms with Gasteiger partial charge in [0.15, 0.2) is 0 Å². The Kier molecular flexibility index (Phi) is 6.13. The molecule has 154 valence electrons. The van der Waals surface area contributed by atoms with Crippen LogP contribution in [-0.4, -0.2) is 29.4 Å². The maximum Gasteiger partial charge on any atom is 0.303 e. The van der Waals surface area contributed by atoms with Crippen molar-refractivity contribution in [2.75, 3.05) is 0 Å². The summed E-state index contributed by atoms with van der Waals surface area (Å²) in [5.41, 5.74) is -0.904. The van der Waals surface area contributed by atoms with E-state index in [1.165, 1.54) is 13.8 Å². The molecule has 0 amide bonds. The molecule has 5 nitrogen and oxygen atoms in total. The van der Waals surface area contributed by atoms with Gasteiger partial charge in [-0.15, -0.1) is 0 Å². The molecule has 27 heavy (non-hydrogen) atoms. The van der Waals surface area contributed by atoms with Crippen molar-refractivity contribution in [3.8, 4) is 0 Å². The number of Topliss-reactive ketones (excluding diaryl/α,β-unsaturated/α-hetero) is 1. The fraction of sp³-hybridized carbons (Fsp3) is 0.864. The molecule has 0 N–H and O–H groups in total. The van der Waals surface area contributed by atoms with Crippen LogP contribution < -0.4 is 0 Å². The summed E-state index contributed by atoms with van der Waals surface area (Å²) < 4.78 is 11.7. The summed E-state index contributed by atoms with van der Waals surface area (Å²) in [4.78, 5) is 35.5. The second kappa shape index (κ2) is 7.56.